The minimum absolute atomic E-state index is 0.185. The highest BCUT2D eigenvalue weighted by molar-refractivity contribution is 6.05. The number of H-pyrrole nitrogens is 1. The summed E-state index contributed by atoms with van der Waals surface area (Å²) in [6, 6.07) is 1.79. The Bertz CT molecular complexity index is 492. The first-order chi connectivity index (χ1) is 7.24. The van der Waals surface area contributed by atoms with E-state index in [0.717, 1.165) is 10.9 Å². The van der Waals surface area contributed by atoms with E-state index in [1.165, 1.54) is 12.2 Å². The topological polar surface area (TPSA) is 58.2 Å². The number of rotatable bonds is 2. The summed E-state index contributed by atoms with van der Waals surface area (Å²) in [7, 11) is 3.02. The first-order valence-corrected chi connectivity index (χ1v) is 4.47. The summed E-state index contributed by atoms with van der Waals surface area (Å²) < 4.78 is 0. The lowest BCUT2D eigenvalue weighted by Gasteiger charge is -2.12. The van der Waals surface area contributed by atoms with Crippen LogP contribution in [0.25, 0.3) is 10.9 Å². The molecule has 0 aliphatic rings. The van der Waals surface area contributed by atoms with Crippen molar-refractivity contribution in [2.45, 2.75) is 0 Å². The van der Waals surface area contributed by atoms with Gasteiger partial charge in [-0.3, -0.25) is 14.6 Å². The molecule has 78 valence electrons. The summed E-state index contributed by atoms with van der Waals surface area (Å²) in [6.45, 7) is 0. The maximum absolute atomic E-state index is 11.8. The number of hydrogen-bond donors (Lipinski definition) is 1. The SMILES string of the molecule is CON(C)C(=O)c1c[nH]c2cnccc12. The highest BCUT2D eigenvalue weighted by Gasteiger charge is 2.15. The first-order valence-electron chi connectivity index (χ1n) is 4.47. The average Bonchev–Trinajstić information content (AvgIpc) is 2.70. The highest BCUT2D eigenvalue weighted by atomic mass is 16.7. The van der Waals surface area contributed by atoms with Crippen LogP contribution in [0.1, 0.15) is 10.4 Å². The summed E-state index contributed by atoms with van der Waals surface area (Å²) in [5.41, 5.74) is 1.42. The largest absolute Gasteiger partial charge is 0.359 e. The molecule has 2 aromatic heterocycles. The molecular weight excluding hydrogens is 194 g/mol. The Kier molecular flexibility index (Phi) is 2.39. The summed E-state index contributed by atoms with van der Waals surface area (Å²) in [5.74, 6) is -0.185. The monoisotopic (exact) mass is 205 g/mol. The zero-order valence-corrected chi connectivity index (χ0v) is 8.52. The van der Waals surface area contributed by atoms with Crippen LogP contribution in [0.5, 0.6) is 0 Å². The second kappa shape index (κ2) is 3.70. The number of aromatic amines is 1. The van der Waals surface area contributed by atoms with E-state index in [-0.39, 0.29) is 5.91 Å². The predicted molar refractivity (Wildman–Crippen MR) is 55.2 cm³/mol. The molecule has 2 heterocycles. The Hall–Kier alpha value is -1.88. The zero-order valence-electron chi connectivity index (χ0n) is 8.52. The summed E-state index contributed by atoms with van der Waals surface area (Å²) in [6.07, 6.45) is 4.99. The molecule has 0 atom stereocenters. The van der Waals surface area contributed by atoms with E-state index < -0.39 is 0 Å². The van der Waals surface area contributed by atoms with Crippen LogP contribution in [0.4, 0.5) is 0 Å². The molecule has 5 heteroatoms. The molecule has 0 saturated carbocycles. The van der Waals surface area contributed by atoms with Crippen molar-refractivity contribution in [2.75, 3.05) is 14.2 Å². The molecule has 15 heavy (non-hydrogen) atoms. The van der Waals surface area contributed by atoms with Crippen molar-refractivity contribution in [1.82, 2.24) is 15.0 Å². The van der Waals surface area contributed by atoms with Gasteiger partial charge in [0.15, 0.2) is 0 Å². The van der Waals surface area contributed by atoms with Crippen molar-refractivity contribution >= 4 is 16.8 Å². The third kappa shape index (κ3) is 1.57. The average molecular weight is 205 g/mol. The predicted octanol–water partition coefficient (Wildman–Crippen LogP) is 1.20. The number of aromatic nitrogens is 2. The molecule has 0 aliphatic heterocycles. The van der Waals surface area contributed by atoms with Crippen molar-refractivity contribution < 1.29 is 9.63 Å². The van der Waals surface area contributed by atoms with Gasteiger partial charge < -0.3 is 4.98 Å². The van der Waals surface area contributed by atoms with Crippen molar-refractivity contribution in [1.29, 1.82) is 0 Å². The third-order valence-electron chi connectivity index (χ3n) is 2.27. The molecule has 0 saturated heterocycles. The van der Waals surface area contributed by atoms with E-state index in [9.17, 15) is 4.79 Å². The second-order valence-corrected chi connectivity index (χ2v) is 3.11. The van der Waals surface area contributed by atoms with E-state index in [4.69, 9.17) is 4.84 Å². The van der Waals surface area contributed by atoms with Crippen LogP contribution in [0.2, 0.25) is 0 Å². The van der Waals surface area contributed by atoms with E-state index in [1.54, 1.807) is 31.7 Å². The van der Waals surface area contributed by atoms with Gasteiger partial charge in [0.05, 0.1) is 24.4 Å². The Morgan fingerprint density at radius 1 is 1.60 bits per heavy atom. The van der Waals surface area contributed by atoms with Crippen molar-refractivity contribution in [3.05, 3.63) is 30.2 Å². The molecule has 0 aliphatic carbocycles. The fraction of sp³-hybridized carbons (Fsp3) is 0.200. The lowest BCUT2D eigenvalue weighted by atomic mass is 10.2. The number of fused-ring (bicyclic) bond motifs is 1. The third-order valence-corrected chi connectivity index (χ3v) is 2.27. The molecule has 0 aromatic carbocycles. The van der Waals surface area contributed by atoms with Crippen LogP contribution >= 0.6 is 0 Å². The summed E-state index contributed by atoms with van der Waals surface area (Å²) in [5, 5.41) is 2.03. The maximum atomic E-state index is 11.8. The normalized spacial score (nSPS) is 10.5. The van der Waals surface area contributed by atoms with Crippen molar-refractivity contribution in [3.63, 3.8) is 0 Å². The lowest BCUT2D eigenvalue weighted by Crippen LogP contribution is -2.25. The number of nitrogens with one attached hydrogen (secondary N) is 1. The molecule has 5 nitrogen and oxygen atoms in total. The minimum atomic E-state index is -0.185. The smallest absolute Gasteiger partial charge is 0.279 e. The molecule has 2 aromatic rings. The summed E-state index contributed by atoms with van der Waals surface area (Å²) >= 11 is 0. The van der Waals surface area contributed by atoms with Gasteiger partial charge in [0.2, 0.25) is 0 Å². The lowest BCUT2D eigenvalue weighted by molar-refractivity contribution is -0.0755. The number of hydroxylamine groups is 2. The molecule has 1 amide bonds. The fourth-order valence-electron chi connectivity index (χ4n) is 1.40. The van der Waals surface area contributed by atoms with Crippen LogP contribution in [0.3, 0.4) is 0 Å². The molecular formula is C10H11N3O2. The van der Waals surface area contributed by atoms with Gasteiger partial charge >= 0.3 is 0 Å². The number of amides is 1. The van der Waals surface area contributed by atoms with Crippen LogP contribution < -0.4 is 0 Å². The van der Waals surface area contributed by atoms with E-state index in [2.05, 4.69) is 9.97 Å². The second-order valence-electron chi connectivity index (χ2n) is 3.11. The molecule has 1 N–H and O–H groups in total. The van der Waals surface area contributed by atoms with E-state index >= 15 is 0 Å². The Morgan fingerprint density at radius 2 is 2.40 bits per heavy atom. The number of nitrogens with zero attached hydrogens (tertiary/aromatic N) is 2. The van der Waals surface area contributed by atoms with Gasteiger partial charge in [-0.25, -0.2) is 5.06 Å². The summed E-state index contributed by atoms with van der Waals surface area (Å²) in [4.78, 5) is 23.6. The number of carbonyl (C=O) groups excluding carboxylic acids is 1. The Balaban J connectivity index is 2.48. The number of pyridine rings is 1. The molecule has 2 rings (SSSR count). The maximum Gasteiger partial charge on any atom is 0.279 e. The van der Waals surface area contributed by atoms with Crippen LogP contribution in [-0.4, -0.2) is 35.1 Å². The van der Waals surface area contributed by atoms with Gasteiger partial charge in [0.1, 0.15) is 0 Å². The number of hydrogen-bond acceptors (Lipinski definition) is 3. The van der Waals surface area contributed by atoms with Crippen LogP contribution in [-0.2, 0) is 4.84 Å². The highest BCUT2D eigenvalue weighted by Crippen LogP contribution is 2.17. The Labute approximate surface area is 86.6 Å². The number of carbonyl (C=O) groups is 1. The fourth-order valence-corrected chi connectivity index (χ4v) is 1.40. The molecule has 0 radical (unpaired) electrons. The van der Waals surface area contributed by atoms with Gasteiger partial charge in [-0.05, 0) is 6.07 Å². The zero-order chi connectivity index (χ0) is 10.8. The van der Waals surface area contributed by atoms with E-state index in [0.29, 0.717) is 5.56 Å². The van der Waals surface area contributed by atoms with Crippen molar-refractivity contribution in [2.24, 2.45) is 0 Å². The standard InChI is InChI=1S/C10H11N3O2/c1-13(15-2)10(14)8-5-12-9-6-11-4-3-7(8)9/h3-6,12H,1-2H3. The van der Waals surface area contributed by atoms with Crippen LogP contribution in [0.15, 0.2) is 24.7 Å². The van der Waals surface area contributed by atoms with Crippen LogP contribution in [0, 0.1) is 0 Å². The molecule has 0 fully saturated rings. The minimum Gasteiger partial charge on any atom is -0.359 e. The van der Waals surface area contributed by atoms with Gasteiger partial charge in [-0.15, -0.1) is 0 Å². The van der Waals surface area contributed by atoms with Gasteiger partial charge in [0, 0.05) is 24.8 Å². The first kappa shape index (κ1) is 9.67. The molecule has 0 spiro atoms. The molecule has 0 bridgehead atoms. The quantitative estimate of drug-likeness (QED) is 0.749. The molecule has 0 unspecified atom stereocenters. The Morgan fingerprint density at radius 3 is 3.13 bits per heavy atom. The van der Waals surface area contributed by atoms with E-state index in [1.807, 2.05) is 0 Å². The van der Waals surface area contributed by atoms with Gasteiger partial charge in [0.25, 0.3) is 5.91 Å². The van der Waals surface area contributed by atoms with Gasteiger partial charge in [-0.1, -0.05) is 0 Å². The van der Waals surface area contributed by atoms with Crippen molar-refractivity contribution in [3.8, 4) is 0 Å². The van der Waals surface area contributed by atoms with Gasteiger partial charge in [-0.2, -0.15) is 0 Å².